The van der Waals surface area contributed by atoms with Gasteiger partial charge in [-0.3, -0.25) is 14.3 Å². The predicted molar refractivity (Wildman–Crippen MR) is 145 cm³/mol. The number of nitrogens with zero attached hydrogens (tertiary/aromatic N) is 2. The van der Waals surface area contributed by atoms with E-state index in [1.165, 1.54) is 35.6 Å². The summed E-state index contributed by atoms with van der Waals surface area (Å²) < 4.78 is 55.6. The van der Waals surface area contributed by atoms with Gasteiger partial charge in [-0.2, -0.15) is 0 Å². The molecule has 1 spiro atoms. The molecular formula is C27H34F2N4O5S. The molecule has 0 bridgehead atoms. The average molecular weight is 565 g/mol. The maximum absolute atomic E-state index is 13.6. The van der Waals surface area contributed by atoms with Crippen molar-refractivity contribution < 1.29 is 27.1 Å². The van der Waals surface area contributed by atoms with Crippen molar-refractivity contribution in [2.24, 2.45) is 5.41 Å². The molecule has 9 nitrogen and oxygen atoms in total. The predicted octanol–water partition coefficient (Wildman–Crippen LogP) is 3.97. The summed E-state index contributed by atoms with van der Waals surface area (Å²) in [6.45, 7) is 0.921. The maximum atomic E-state index is 13.6. The fraction of sp³-hybridized carbons (Fsp3) is 0.556. The largest absolute Gasteiger partial charge is 0.395 e. The van der Waals surface area contributed by atoms with E-state index in [4.69, 9.17) is 5.11 Å². The summed E-state index contributed by atoms with van der Waals surface area (Å²) in [5.41, 5.74) is 1.10. The Bertz CT molecular complexity index is 1390. The fourth-order valence-corrected chi connectivity index (χ4v) is 6.51. The topological polar surface area (TPSA) is 121 Å². The summed E-state index contributed by atoms with van der Waals surface area (Å²) in [7, 11) is -3.76. The van der Waals surface area contributed by atoms with Crippen LogP contribution in [0.1, 0.15) is 67.8 Å². The molecule has 0 radical (unpaired) electrons. The summed E-state index contributed by atoms with van der Waals surface area (Å²) in [5, 5.41) is 11.8. The third-order valence-corrected chi connectivity index (χ3v) is 9.57. The zero-order chi connectivity index (χ0) is 27.8. The number of benzene rings is 1. The number of pyridine rings is 1. The number of halogens is 2. The van der Waals surface area contributed by atoms with Crippen molar-refractivity contribution in [1.29, 1.82) is 0 Å². The number of amides is 1. The van der Waals surface area contributed by atoms with Crippen LogP contribution in [0.2, 0.25) is 0 Å². The van der Waals surface area contributed by atoms with E-state index < -0.39 is 39.8 Å². The molecule has 12 heteroatoms. The number of hydrogen-bond acceptors (Lipinski definition) is 6. The van der Waals surface area contributed by atoms with E-state index in [-0.39, 0.29) is 43.1 Å². The van der Waals surface area contributed by atoms with Crippen LogP contribution in [0, 0.1) is 5.41 Å². The van der Waals surface area contributed by atoms with Gasteiger partial charge in [0.1, 0.15) is 5.69 Å². The molecule has 2 heterocycles. The van der Waals surface area contributed by atoms with Crippen LogP contribution < -0.4 is 20.5 Å². The molecule has 1 aromatic carbocycles. The Balaban J connectivity index is 1.40. The number of hydrogen-bond donors (Lipinski definition) is 3. The summed E-state index contributed by atoms with van der Waals surface area (Å²) in [4.78, 5) is 28.7. The van der Waals surface area contributed by atoms with Crippen molar-refractivity contribution >= 4 is 33.0 Å². The van der Waals surface area contributed by atoms with Gasteiger partial charge < -0.3 is 19.9 Å². The highest BCUT2D eigenvalue weighted by Crippen LogP contribution is 2.54. The molecule has 3 N–H and O–H groups in total. The van der Waals surface area contributed by atoms with Crippen LogP contribution >= 0.6 is 0 Å². The zero-order valence-electron chi connectivity index (χ0n) is 21.7. The first-order chi connectivity index (χ1) is 18.5. The lowest BCUT2D eigenvalue weighted by atomic mass is 9.92. The van der Waals surface area contributed by atoms with E-state index in [1.54, 1.807) is 18.3 Å². The Hall–Kier alpha value is -2.99. The molecule has 39 heavy (non-hydrogen) atoms. The molecule has 3 fully saturated rings. The number of aromatic nitrogens is 1. The fourth-order valence-electron chi connectivity index (χ4n) is 5.68. The quantitative estimate of drug-likeness (QED) is 0.446. The summed E-state index contributed by atoms with van der Waals surface area (Å²) in [6, 6.07) is 7.35. The van der Waals surface area contributed by atoms with Gasteiger partial charge in [0.05, 0.1) is 29.3 Å². The first kappa shape index (κ1) is 27.6. The second-order valence-corrected chi connectivity index (χ2v) is 12.9. The van der Waals surface area contributed by atoms with Crippen molar-refractivity contribution in [2.45, 2.75) is 63.3 Å². The average Bonchev–Trinajstić information content (AvgIpc) is 3.64. The van der Waals surface area contributed by atoms with Crippen LogP contribution in [-0.2, 0) is 10.0 Å². The zero-order valence-corrected chi connectivity index (χ0v) is 22.5. The van der Waals surface area contributed by atoms with Gasteiger partial charge in [0, 0.05) is 38.2 Å². The molecule has 2 saturated carbocycles. The molecule has 1 aliphatic heterocycles. The van der Waals surface area contributed by atoms with Crippen molar-refractivity contribution in [3.63, 3.8) is 0 Å². The minimum Gasteiger partial charge on any atom is -0.395 e. The molecule has 1 amide bonds. The Kier molecular flexibility index (Phi) is 7.45. The molecule has 2 aliphatic carbocycles. The van der Waals surface area contributed by atoms with Crippen LogP contribution in [-0.4, -0.2) is 55.4 Å². The molecule has 0 atom stereocenters. The molecule has 1 aromatic heterocycles. The Morgan fingerprint density at radius 1 is 1.05 bits per heavy atom. The van der Waals surface area contributed by atoms with Crippen molar-refractivity contribution in [1.82, 2.24) is 4.57 Å². The van der Waals surface area contributed by atoms with Crippen molar-refractivity contribution in [3.8, 4) is 0 Å². The third kappa shape index (κ3) is 6.27. The highest BCUT2D eigenvalue weighted by Gasteiger charge is 2.44. The number of carbonyl (C=O) groups is 1. The molecule has 212 valence electrons. The van der Waals surface area contributed by atoms with E-state index in [9.17, 15) is 26.8 Å². The number of nitrogens with one attached hydrogen (secondary N) is 2. The standard InChI is InChI=1S/C27H34F2N4O5S/c28-27(29)7-5-20(6-8-27)33-13-1-2-22(25(33)36)30-24(35)21-4-3-19(31-39(37,38)17-16-34)18-23(21)32-14-11-26(9-10-26)12-15-32/h1-4,13,18,20,31,34H,5-12,14-17H2,(H,30,35). The van der Waals surface area contributed by atoms with E-state index >= 15 is 0 Å². The highest BCUT2D eigenvalue weighted by atomic mass is 32.2. The first-order valence-electron chi connectivity index (χ1n) is 13.4. The van der Waals surface area contributed by atoms with Gasteiger partial charge in [0.15, 0.2) is 0 Å². The monoisotopic (exact) mass is 564 g/mol. The Morgan fingerprint density at radius 2 is 1.74 bits per heavy atom. The highest BCUT2D eigenvalue weighted by molar-refractivity contribution is 7.92. The summed E-state index contributed by atoms with van der Waals surface area (Å²) >= 11 is 0. The minimum atomic E-state index is -3.76. The second kappa shape index (κ2) is 10.5. The van der Waals surface area contributed by atoms with Crippen LogP contribution in [0.4, 0.5) is 25.8 Å². The second-order valence-electron chi connectivity index (χ2n) is 11.0. The number of rotatable bonds is 8. The molecule has 1 saturated heterocycles. The van der Waals surface area contributed by atoms with Crippen LogP contribution in [0.3, 0.4) is 0 Å². The minimum absolute atomic E-state index is 0.0501. The van der Waals surface area contributed by atoms with E-state index in [0.717, 1.165) is 25.9 Å². The van der Waals surface area contributed by atoms with Gasteiger partial charge in [0.25, 0.3) is 11.5 Å². The lowest BCUT2D eigenvalue weighted by Gasteiger charge is -2.35. The lowest BCUT2D eigenvalue weighted by Crippen LogP contribution is -2.36. The van der Waals surface area contributed by atoms with Gasteiger partial charge >= 0.3 is 0 Å². The molecule has 3 aliphatic rings. The van der Waals surface area contributed by atoms with Crippen molar-refractivity contribution in [3.05, 3.63) is 52.4 Å². The number of sulfonamides is 1. The van der Waals surface area contributed by atoms with E-state index in [1.807, 2.05) is 0 Å². The number of aliphatic hydroxyl groups excluding tert-OH is 1. The Labute approximate surface area is 226 Å². The van der Waals surface area contributed by atoms with E-state index in [2.05, 4.69) is 14.9 Å². The van der Waals surface area contributed by atoms with E-state index in [0.29, 0.717) is 16.7 Å². The number of alkyl halides is 2. The van der Waals surface area contributed by atoms with Crippen molar-refractivity contribution in [2.75, 3.05) is 40.4 Å². The lowest BCUT2D eigenvalue weighted by molar-refractivity contribution is -0.0442. The number of piperidine rings is 1. The summed E-state index contributed by atoms with van der Waals surface area (Å²) in [5.74, 6) is -3.68. The van der Waals surface area contributed by atoms with Gasteiger partial charge in [-0.15, -0.1) is 0 Å². The van der Waals surface area contributed by atoms with Crippen LogP contribution in [0.25, 0.3) is 0 Å². The molecule has 5 rings (SSSR count). The maximum Gasteiger partial charge on any atom is 0.274 e. The van der Waals surface area contributed by atoms with Gasteiger partial charge in [-0.25, -0.2) is 17.2 Å². The smallest absolute Gasteiger partial charge is 0.274 e. The number of aliphatic hydroxyl groups is 1. The molecule has 0 unspecified atom stereocenters. The van der Waals surface area contributed by atoms with Crippen LogP contribution in [0.15, 0.2) is 41.3 Å². The molecule has 2 aromatic rings. The SMILES string of the molecule is O=C(Nc1cccn(C2CCC(F)(F)CC2)c1=O)c1ccc(NS(=O)(=O)CCO)cc1N1CCC2(CC1)CC2. The molecular weight excluding hydrogens is 530 g/mol. The number of carbonyl (C=O) groups excluding carboxylic acids is 1. The van der Waals surface area contributed by atoms with Gasteiger partial charge in [0.2, 0.25) is 15.9 Å². The third-order valence-electron chi connectivity index (χ3n) is 8.30. The normalized spacial score (nSPS) is 20.5. The Morgan fingerprint density at radius 3 is 2.38 bits per heavy atom. The van der Waals surface area contributed by atoms with Crippen LogP contribution in [0.5, 0.6) is 0 Å². The van der Waals surface area contributed by atoms with Gasteiger partial charge in [-0.1, -0.05) is 0 Å². The number of anilines is 3. The van der Waals surface area contributed by atoms with Gasteiger partial charge in [-0.05, 0) is 74.3 Å². The summed E-state index contributed by atoms with van der Waals surface area (Å²) in [6.07, 6.45) is 5.73. The first-order valence-corrected chi connectivity index (χ1v) is 15.1.